The number of esters is 1. The van der Waals surface area contributed by atoms with Gasteiger partial charge in [-0.2, -0.15) is 0 Å². The zero-order chi connectivity index (χ0) is 63.6. The van der Waals surface area contributed by atoms with E-state index in [1.54, 1.807) is 72.8 Å². The lowest BCUT2D eigenvalue weighted by Gasteiger charge is -2.25. The van der Waals surface area contributed by atoms with Crippen molar-refractivity contribution in [1.29, 1.82) is 0 Å². The van der Waals surface area contributed by atoms with E-state index in [1.165, 1.54) is 66.6 Å². The van der Waals surface area contributed by atoms with Crippen molar-refractivity contribution < 1.29 is 72.9 Å². The number of hydrogen-bond acceptors (Lipinski definition) is 13. The van der Waals surface area contributed by atoms with Crippen molar-refractivity contribution in [2.24, 2.45) is 0 Å². The lowest BCUT2D eigenvalue weighted by atomic mass is 10.0. The smallest absolute Gasteiger partial charge is 0.337 e. The molecule has 0 saturated heterocycles. The summed E-state index contributed by atoms with van der Waals surface area (Å²) in [6.07, 6.45) is 10.3. The summed E-state index contributed by atoms with van der Waals surface area (Å²) >= 11 is 0. The van der Waals surface area contributed by atoms with Crippen LogP contribution in [0.5, 0.6) is 0 Å². The van der Waals surface area contributed by atoms with Crippen LogP contribution in [0.4, 0.5) is 20.2 Å². The van der Waals surface area contributed by atoms with E-state index < -0.39 is 37.7 Å². The van der Waals surface area contributed by atoms with Crippen LogP contribution in [-0.4, -0.2) is 106 Å². The summed E-state index contributed by atoms with van der Waals surface area (Å²) in [4.78, 5) is 48.6. The number of benzene rings is 6. The number of furan rings is 2. The normalized spacial score (nSPS) is 13.2. The van der Waals surface area contributed by atoms with Crippen LogP contribution in [0.2, 0.25) is 0 Å². The molecule has 2 aliphatic rings. The van der Waals surface area contributed by atoms with Crippen LogP contribution in [0.3, 0.4) is 0 Å². The lowest BCUT2D eigenvalue weighted by molar-refractivity contribution is 0.0599. The summed E-state index contributed by atoms with van der Waals surface area (Å²) in [5.41, 5.74) is 7.84. The van der Waals surface area contributed by atoms with E-state index in [2.05, 4.69) is 10.6 Å². The molecule has 10 rings (SSSR count). The Hall–Kier alpha value is -8.44. The predicted molar refractivity (Wildman–Crippen MR) is 337 cm³/mol. The number of carbonyl (C=O) groups is 4. The number of halogens is 2. The first kappa shape index (κ1) is 65.0. The van der Waals surface area contributed by atoms with Crippen molar-refractivity contribution in [2.45, 2.75) is 89.3 Å². The number of sulfonamides is 2. The Bertz CT molecular complexity index is 4070. The topological polar surface area (TPSA) is 241 Å². The molecule has 2 aliphatic carbocycles. The van der Waals surface area contributed by atoms with E-state index in [0.29, 0.717) is 112 Å². The van der Waals surface area contributed by atoms with E-state index in [-0.39, 0.29) is 48.3 Å². The monoisotopic (exact) mass is 1260 g/mol. The molecule has 3 N–H and O–H groups in total. The molecule has 18 nitrogen and oxygen atoms in total. The SMILES string of the molecule is CNC(=O)c1c(-c2ccc(F)cc2)oc2cc(N(CCCCCOCc3ccc(C(=O)O)cc3)S(C)(=O)=O)c(C3CC3)cc12.CNC(=O)c1c(-c2ccc(F)cc2)oc2cc(N(CCCCCOCc3ccc(C(=O)OC)cc3)S(C)(=O)=O)c(C3CC3)cc12. The van der Waals surface area contributed by atoms with E-state index in [9.17, 15) is 44.8 Å². The van der Waals surface area contributed by atoms with Gasteiger partial charge in [-0.15, -0.1) is 0 Å². The van der Waals surface area contributed by atoms with Crippen LogP contribution in [0.25, 0.3) is 44.6 Å². The van der Waals surface area contributed by atoms with E-state index in [1.807, 2.05) is 24.3 Å². The van der Waals surface area contributed by atoms with Gasteiger partial charge in [-0.25, -0.2) is 35.2 Å². The molecular weight excluding hydrogens is 1190 g/mol. The fraction of sp³-hybridized carbons (Fsp3) is 0.343. The first-order valence-corrected chi connectivity index (χ1v) is 33.1. The summed E-state index contributed by atoms with van der Waals surface area (Å²) in [6.45, 7) is 2.32. The van der Waals surface area contributed by atoms with E-state index in [4.69, 9.17) is 28.2 Å². The van der Waals surface area contributed by atoms with Crippen molar-refractivity contribution in [3.63, 3.8) is 0 Å². The van der Waals surface area contributed by atoms with Crippen LogP contribution in [-0.2, 0) is 47.5 Å². The average molecular weight is 1260 g/mol. The molecule has 89 heavy (non-hydrogen) atoms. The number of nitrogens with zero attached hydrogens (tertiary/aromatic N) is 2. The fourth-order valence-corrected chi connectivity index (χ4v) is 12.6. The molecule has 0 unspecified atom stereocenters. The highest BCUT2D eigenvalue weighted by atomic mass is 32.2. The number of carboxylic acid groups (broad SMARTS) is 1. The van der Waals surface area contributed by atoms with Gasteiger partial charge in [0.2, 0.25) is 20.0 Å². The number of aromatic carboxylic acids is 1. The third-order valence-corrected chi connectivity index (χ3v) is 17.9. The third-order valence-electron chi connectivity index (χ3n) is 15.6. The number of amides is 2. The Balaban J connectivity index is 0.000000211. The Kier molecular flexibility index (Phi) is 21.0. The van der Waals surface area contributed by atoms with Gasteiger partial charge in [0.15, 0.2) is 0 Å². The third kappa shape index (κ3) is 16.3. The minimum atomic E-state index is -3.64. The van der Waals surface area contributed by atoms with Gasteiger partial charge in [-0.05, 0) is 183 Å². The van der Waals surface area contributed by atoms with Crippen LogP contribution in [0.15, 0.2) is 130 Å². The first-order chi connectivity index (χ1) is 42.7. The number of carboxylic acids is 1. The maximum atomic E-state index is 13.6. The Morgan fingerprint density at radius 2 is 0.933 bits per heavy atom. The van der Waals surface area contributed by atoms with Crippen molar-refractivity contribution in [3.8, 4) is 22.6 Å². The van der Waals surface area contributed by atoms with Crippen molar-refractivity contribution in [3.05, 3.63) is 177 Å². The molecule has 8 aromatic rings. The molecule has 2 fully saturated rings. The van der Waals surface area contributed by atoms with Gasteiger partial charge < -0.3 is 38.8 Å². The van der Waals surface area contributed by atoms with Crippen LogP contribution < -0.4 is 19.2 Å². The largest absolute Gasteiger partial charge is 0.478 e. The standard InChI is InChI=1S/C34H37FN2O7S.C33H35FN2O7S/c1-36-33(38)31-28-19-27(23-11-12-23)29(20-30(28)44-32(31)24-13-15-26(35)16-14-24)37(45(3,40)41)17-5-4-6-18-43-21-22-7-9-25(10-8-22)34(39)42-2;1-35-32(37)30-27-18-26(22-10-11-22)28(19-29(27)43-31(30)23-12-14-25(34)15-13-23)36(44(2,40)41)16-4-3-5-17-42-20-21-6-8-24(9-7-21)33(38)39/h7-10,13-16,19-20,23H,4-6,11-12,17-18,21H2,1-3H3,(H,36,38);6-9,12-15,18-19,22H,3-5,10-11,16-17,20H2,1-2H3,(H,35,37)(H,38,39). The van der Waals surface area contributed by atoms with Gasteiger partial charge in [-0.3, -0.25) is 18.2 Å². The second-order valence-corrected chi connectivity index (χ2v) is 26.0. The van der Waals surface area contributed by atoms with E-state index >= 15 is 0 Å². The van der Waals surface area contributed by atoms with Gasteiger partial charge in [0.1, 0.15) is 34.3 Å². The van der Waals surface area contributed by atoms with E-state index in [0.717, 1.165) is 73.6 Å². The molecule has 2 amide bonds. The number of carbonyl (C=O) groups excluding carboxylic acids is 3. The second-order valence-electron chi connectivity index (χ2n) is 22.2. The van der Waals surface area contributed by atoms with Gasteiger partial charge in [-0.1, -0.05) is 24.3 Å². The molecule has 0 radical (unpaired) electrons. The maximum absolute atomic E-state index is 13.6. The van der Waals surface area contributed by atoms with Crippen LogP contribution in [0.1, 0.15) is 140 Å². The Morgan fingerprint density at radius 1 is 0.551 bits per heavy atom. The summed E-state index contributed by atoms with van der Waals surface area (Å²) in [5, 5.41) is 15.5. The quantitative estimate of drug-likeness (QED) is 0.0305. The average Bonchev–Trinajstić information content (AvgIpc) is 1.65. The molecule has 22 heteroatoms. The van der Waals surface area contributed by atoms with Crippen LogP contribution in [0, 0.1) is 11.6 Å². The molecule has 0 atom stereocenters. The van der Waals surface area contributed by atoms with Crippen molar-refractivity contribution in [1.82, 2.24) is 10.6 Å². The number of ether oxygens (including phenoxy) is 3. The summed E-state index contributed by atoms with van der Waals surface area (Å²) < 4.78 is 111. The number of fused-ring (bicyclic) bond motifs is 2. The highest BCUT2D eigenvalue weighted by Gasteiger charge is 2.35. The lowest BCUT2D eigenvalue weighted by Crippen LogP contribution is -2.31. The minimum Gasteiger partial charge on any atom is -0.478 e. The number of rotatable bonds is 28. The highest BCUT2D eigenvalue weighted by Crippen LogP contribution is 2.50. The predicted octanol–water partition coefficient (Wildman–Crippen LogP) is 12.7. The molecule has 2 saturated carbocycles. The minimum absolute atomic E-state index is 0.179. The maximum Gasteiger partial charge on any atom is 0.337 e. The molecule has 0 spiro atoms. The molecule has 6 aromatic carbocycles. The molecule has 0 bridgehead atoms. The number of nitrogens with one attached hydrogen (secondary N) is 2. The zero-order valence-electron chi connectivity index (χ0n) is 50.2. The van der Waals surface area contributed by atoms with Gasteiger partial charge in [0.25, 0.3) is 11.8 Å². The molecule has 2 heterocycles. The summed E-state index contributed by atoms with van der Waals surface area (Å²) in [5.74, 6) is -1.91. The number of anilines is 2. The summed E-state index contributed by atoms with van der Waals surface area (Å²) in [6, 6.07) is 32.2. The number of hydrogen-bond donors (Lipinski definition) is 3. The molecule has 2 aromatic heterocycles. The molecule has 0 aliphatic heterocycles. The molecule has 470 valence electrons. The number of unbranched alkanes of at least 4 members (excludes halogenated alkanes) is 4. The summed E-state index contributed by atoms with van der Waals surface area (Å²) in [7, 11) is -2.87. The fourth-order valence-electron chi connectivity index (χ4n) is 10.7. The number of methoxy groups -OCH3 is 1. The van der Waals surface area contributed by atoms with Gasteiger partial charge in [0.05, 0.1) is 66.5 Å². The first-order valence-electron chi connectivity index (χ1n) is 29.4. The molecular formula is C67H72F2N4O14S2. The second kappa shape index (κ2) is 28.8. The van der Waals surface area contributed by atoms with Crippen molar-refractivity contribution >= 4 is 77.1 Å². The van der Waals surface area contributed by atoms with Gasteiger partial charge >= 0.3 is 11.9 Å². The highest BCUT2D eigenvalue weighted by molar-refractivity contribution is 7.92. The van der Waals surface area contributed by atoms with Crippen molar-refractivity contribution in [2.75, 3.05) is 68.6 Å². The van der Waals surface area contributed by atoms with Gasteiger partial charge in [0, 0.05) is 74.4 Å². The Labute approximate surface area is 516 Å². The van der Waals surface area contributed by atoms with Crippen LogP contribution >= 0.6 is 0 Å². The zero-order valence-corrected chi connectivity index (χ0v) is 51.9. The Morgan fingerprint density at radius 3 is 1.27 bits per heavy atom.